The molecule has 7 rings (SSSR count). The molecule has 0 aromatic heterocycles. The maximum atomic E-state index is 11.6. The minimum Gasteiger partial charge on any atom is -0.392 e. The molecule has 1 saturated carbocycles. The Labute approximate surface area is 143 Å². The van der Waals surface area contributed by atoms with Crippen molar-refractivity contribution < 1.29 is 10.2 Å². The van der Waals surface area contributed by atoms with Crippen LogP contribution in [0.1, 0.15) is 31.7 Å². The van der Waals surface area contributed by atoms with Crippen LogP contribution in [0.5, 0.6) is 0 Å². The minimum atomic E-state index is -0.319. The van der Waals surface area contributed by atoms with Gasteiger partial charge in [0, 0.05) is 42.1 Å². The lowest BCUT2D eigenvalue weighted by atomic mass is 9.62. The number of rotatable bonds is 1. The molecule has 10 atom stereocenters. The summed E-state index contributed by atoms with van der Waals surface area (Å²) in [6, 6.07) is 9.70. The molecular weight excluding hydrogens is 300 g/mol. The Morgan fingerprint density at radius 1 is 1.21 bits per heavy atom. The highest BCUT2D eigenvalue weighted by Crippen LogP contribution is 2.68. The predicted octanol–water partition coefficient (Wildman–Crippen LogP) is 1.55. The summed E-state index contributed by atoms with van der Waals surface area (Å²) in [7, 11) is 2.19. The summed E-state index contributed by atoms with van der Waals surface area (Å²) in [5, 5.41) is 22.6. The van der Waals surface area contributed by atoms with Crippen LogP contribution >= 0.6 is 0 Å². The van der Waals surface area contributed by atoms with Crippen molar-refractivity contribution in [2.24, 2.45) is 17.8 Å². The van der Waals surface area contributed by atoms with Crippen LogP contribution in [0.4, 0.5) is 5.69 Å². The van der Waals surface area contributed by atoms with E-state index >= 15 is 0 Å². The Morgan fingerprint density at radius 2 is 2.00 bits per heavy atom. The topological polar surface area (TPSA) is 46.9 Å². The van der Waals surface area contributed by atoms with Gasteiger partial charge in [0.15, 0.2) is 0 Å². The number of fused-ring (bicyclic) bond motifs is 2. The maximum absolute atomic E-state index is 11.6. The van der Waals surface area contributed by atoms with Crippen LogP contribution in [0.3, 0.4) is 0 Å². The number of aliphatic hydroxyl groups is 2. The van der Waals surface area contributed by atoms with Crippen LogP contribution in [0.25, 0.3) is 0 Å². The van der Waals surface area contributed by atoms with Gasteiger partial charge in [0.2, 0.25) is 0 Å². The number of benzene rings is 1. The lowest BCUT2D eigenvalue weighted by molar-refractivity contribution is -0.211. The average molecular weight is 326 g/mol. The van der Waals surface area contributed by atoms with Crippen molar-refractivity contribution >= 4 is 5.69 Å². The highest BCUT2D eigenvalue weighted by Gasteiger charge is 2.76. The molecule has 5 bridgehead atoms. The maximum Gasteiger partial charge on any atom is 0.111 e. The second-order valence-electron chi connectivity index (χ2n) is 8.81. The summed E-state index contributed by atoms with van der Waals surface area (Å²) in [5.41, 5.74) is 2.51. The standard InChI is InChI=1S/C20H26N2O2/c1-3-10-11-8-14-17-20(12-6-4-5-7-13(12)21(17)2)9-15(16(11)18(20)23)22(14)19(10)24/h4-7,10-11,14-19,23-24H,3,8-9H2,1-2H3/t10-,11+,14-,15-,16?,17-,18+,19+,20+/m0/s1. The van der Waals surface area contributed by atoms with Gasteiger partial charge in [0.1, 0.15) is 6.23 Å². The van der Waals surface area contributed by atoms with E-state index in [-0.39, 0.29) is 17.7 Å². The van der Waals surface area contributed by atoms with Crippen LogP contribution in [-0.4, -0.2) is 52.6 Å². The molecule has 4 heteroatoms. The number of hydrogen-bond acceptors (Lipinski definition) is 4. The molecule has 24 heavy (non-hydrogen) atoms. The lowest BCUT2D eigenvalue weighted by Gasteiger charge is -2.62. The van der Waals surface area contributed by atoms with Gasteiger partial charge in [-0.1, -0.05) is 25.1 Å². The summed E-state index contributed by atoms with van der Waals surface area (Å²) < 4.78 is 0. The van der Waals surface area contributed by atoms with Gasteiger partial charge in [0.05, 0.1) is 12.1 Å². The van der Waals surface area contributed by atoms with Crippen molar-refractivity contribution in [3.05, 3.63) is 29.8 Å². The Hall–Kier alpha value is -1.10. The van der Waals surface area contributed by atoms with Crippen molar-refractivity contribution in [1.82, 2.24) is 4.90 Å². The molecule has 5 aliphatic heterocycles. The third-order valence-corrected chi connectivity index (χ3v) is 8.46. The number of likely N-dealkylation sites (N-methyl/N-ethyl adjacent to an activating group) is 1. The van der Waals surface area contributed by atoms with Gasteiger partial charge in [0.25, 0.3) is 0 Å². The molecular formula is C20H26N2O2. The van der Waals surface area contributed by atoms with E-state index in [0.717, 1.165) is 19.3 Å². The first-order chi connectivity index (χ1) is 11.6. The highest BCUT2D eigenvalue weighted by atomic mass is 16.3. The minimum absolute atomic E-state index is 0.126. The summed E-state index contributed by atoms with van der Waals surface area (Å²) in [5.74, 6) is 1.14. The number of para-hydroxylation sites is 1. The van der Waals surface area contributed by atoms with Crippen LogP contribution < -0.4 is 4.90 Å². The normalized spacial score (nSPS) is 55.8. The Bertz CT molecular complexity index is 723. The van der Waals surface area contributed by atoms with Crippen LogP contribution in [0.15, 0.2) is 24.3 Å². The van der Waals surface area contributed by atoms with Crippen LogP contribution in [-0.2, 0) is 5.41 Å². The van der Waals surface area contributed by atoms with Crippen LogP contribution in [0.2, 0.25) is 0 Å². The first-order valence-corrected chi connectivity index (χ1v) is 9.57. The molecule has 0 amide bonds. The number of anilines is 1. The Kier molecular flexibility index (Phi) is 2.45. The van der Waals surface area contributed by atoms with Crippen molar-refractivity contribution in [2.75, 3.05) is 11.9 Å². The zero-order chi connectivity index (χ0) is 16.4. The van der Waals surface area contributed by atoms with Crippen molar-refractivity contribution in [1.29, 1.82) is 0 Å². The number of hydrogen-bond donors (Lipinski definition) is 2. The average Bonchev–Trinajstić information content (AvgIpc) is 2.97. The van der Waals surface area contributed by atoms with Gasteiger partial charge in [-0.3, -0.25) is 4.90 Å². The predicted molar refractivity (Wildman–Crippen MR) is 91.7 cm³/mol. The van der Waals surface area contributed by atoms with Gasteiger partial charge < -0.3 is 15.1 Å². The monoisotopic (exact) mass is 326 g/mol. The fourth-order valence-corrected chi connectivity index (χ4v) is 7.88. The molecule has 4 saturated heterocycles. The lowest BCUT2D eigenvalue weighted by Crippen LogP contribution is -2.72. The second kappa shape index (κ2) is 4.17. The quantitative estimate of drug-likeness (QED) is 0.822. The molecule has 1 aromatic rings. The summed E-state index contributed by atoms with van der Waals surface area (Å²) in [6.45, 7) is 2.19. The van der Waals surface area contributed by atoms with Gasteiger partial charge in [-0.25, -0.2) is 0 Å². The van der Waals surface area contributed by atoms with E-state index in [2.05, 4.69) is 48.0 Å². The third kappa shape index (κ3) is 1.20. The molecule has 0 radical (unpaired) electrons. The Morgan fingerprint density at radius 3 is 2.79 bits per heavy atom. The second-order valence-corrected chi connectivity index (χ2v) is 8.81. The number of piperidine rings is 4. The first-order valence-electron chi connectivity index (χ1n) is 9.57. The number of aliphatic hydroxyl groups excluding tert-OH is 2. The molecule has 1 spiro atoms. The van der Waals surface area contributed by atoms with Gasteiger partial charge in [-0.2, -0.15) is 0 Å². The molecule has 128 valence electrons. The fourth-order valence-electron chi connectivity index (χ4n) is 7.88. The largest absolute Gasteiger partial charge is 0.392 e. The molecule has 6 aliphatic rings. The zero-order valence-electron chi connectivity index (χ0n) is 14.3. The van der Waals surface area contributed by atoms with Gasteiger partial charge in [-0.05, 0) is 36.8 Å². The van der Waals surface area contributed by atoms with E-state index in [4.69, 9.17) is 0 Å². The smallest absolute Gasteiger partial charge is 0.111 e. The van der Waals surface area contributed by atoms with Crippen molar-refractivity contribution in [2.45, 2.75) is 62.1 Å². The van der Waals surface area contributed by atoms with Crippen molar-refractivity contribution in [3.63, 3.8) is 0 Å². The molecule has 2 unspecified atom stereocenters. The van der Waals surface area contributed by atoms with E-state index < -0.39 is 0 Å². The summed E-state index contributed by atoms with van der Waals surface area (Å²) in [6.07, 6.45) is 2.56. The molecule has 5 fully saturated rings. The zero-order valence-corrected chi connectivity index (χ0v) is 14.3. The third-order valence-electron chi connectivity index (χ3n) is 8.46. The van der Waals surface area contributed by atoms with Gasteiger partial charge >= 0.3 is 0 Å². The molecule has 2 N–H and O–H groups in total. The van der Waals surface area contributed by atoms with E-state index in [1.807, 2.05) is 0 Å². The molecule has 5 heterocycles. The van der Waals surface area contributed by atoms with E-state index in [9.17, 15) is 10.2 Å². The number of nitrogens with zero attached hydrogens (tertiary/aromatic N) is 2. The van der Waals surface area contributed by atoms with E-state index in [0.29, 0.717) is 35.9 Å². The SMILES string of the molecule is CC[C@@H]1[C@@H](O)N2[C@H]3C[C@@]45c6ccccc6N(C)[C@H]4[C@@H]2C[C@H]1C3[C@H]5O. The van der Waals surface area contributed by atoms with Crippen LogP contribution in [0, 0.1) is 17.8 Å². The van der Waals surface area contributed by atoms with Crippen molar-refractivity contribution in [3.8, 4) is 0 Å². The highest BCUT2D eigenvalue weighted by molar-refractivity contribution is 5.67. The molecule has 1 aromatic carbocycles. The Balaban J connectivity index is 1.60. The fraction of sp³-hybridized carbons (Fsp3) is 0.700. The summed E-state index contributed by atoms with van der Waals surface area (Å²) in [4.78, 5) is 4.83. The summed E-state index contributed by atoms with van der Waals surface area (Å²) >= 11 is 0. The van der Waals surface area contributed by atoms with Gasteiger partial charge in [-0.15, -0.1) is 0 Å². The molecule has 1 aliphatic carbocycles. The van der Waals surface area contributed by atoms with E-state index in [1.54, 1.807) is 0 Å². The van der Waals surface area contributed by atoms with E-state index in [1.165, 1.54) is 11.3 Å². The first kappa shape index (κ1) is 14.1. The molecule has 4 nitrogen and oxygen atoms in total.